The standard InChI is InChI=1S/C19H14N4O4S/c1-2-6-12(7-3-1)17-20-16(27-23-17)11-28-19-22-21-18(26-19)15-10-24-13-8-4-5-9-14(13)25-15/h1-9,15H,10-11H2. The van der Waals surface area contributed by atoms with Crippen LogP contribution in [-0.4, -0.2) is 26.9 Å². The van der Waals surface area contributed by atoms with Gasteiger partial charge in [-0.1, -0.05) is 59.4 Å². The largest absolute Gasteiger partial charge is 0.485 e. The van der Waals surface area contributed by atoms with E-state index in [1.165, 1.54) is 11.8 Å². The van der Waals surface area contributed by atoms with Crippen molar-refractivity contribution in [3.05, 3.63) is 66.4 Å². The Hall–Kier alpha value is -3.33. The molecular formula is C19H14N4O4S. The maximum atomic E-state index is 5.88. The van der Waals surface area contributed by atoms with Gasteiger partial charge >= 0.3 is 0 Å². The zero-order valence-electron chi connectivity index (χ0n) is 14.5. The highest BCUT2D eigenvalue weighted by Crippen LogP contribution is 2.36. The van der Waals surface area contributed by atoms with Crippen LogP contribution in [0.4, 0.5) is 0 Å². The van der Waals surface area contributed by atoms with Crippen molar-refractivity contribution in [3.8, 4) is 22.9 Å². The number of hydrogen-bond acceptors (Lipinski definition) is 9. The van der Waals surface area contributed by atoms with Crippen LogP contribution < -0.4 is 9.47 Å². The molecule has 4 aromatic rings. The second-order valence-electron chi connectivity index (χ2n) is 5.94. The van der Waals surface area contributed by atoms with E-state index >= 15 is 0 Å². The van der Waals surface area contributed by atoms with Crippen LogP contribution in [0, 0.1) is 0 Å². The number of rotatable bonds is 5. The normalized spacial score (nSPS) is 15.5. The van der Waals surface area contributed by atoms with E-state index < -0.39 is 6.10 Å². The number of benzene rings is 2. The molecule has 0 spiro atoms. The van der Waals surface area contributed by atoms with Gasteiger partial charge in [0.1, 0.15) is 6.61 Å². The third-order valence-electron chi connectivity index (χ3n) is 4.03. The van der Waals surface area contributed by atoms with Crippen LogP contribution in [0.3, 0.4) is 0 Å². The molecule has 9 heteroatoms. The fourth-order valence-corrected chi connectivity index (χ4v) is 3.30. The van der Waals surface area contributed by atoms with Gasteiger partial charge in [-0.3, -0.25) is 0 Å². The second kappa shape index (κ2) is 7.35. The van der Waals surface area contributed by atoms with Crippen LogP contribution in [0.15, 0.2) is 68.8 Å². The van der Waals surface area contributed by atoms with Crippen LogP contribution in [0.5, 0.6) is 11.5 Å². The Kier molecular flexibility index (Phi) is 4.42. The van der Waals surface area contributed by atoms with Crippen molar-refractivity contribution >= 4 is 11.8 Å². The highest BCUT2D eigenvalue weighted by molar-refractivity contribution is 7.98. The Bertz CT molecular complexity index is 1080. The third kappa shape index (κ3) is 3.44. The van der Waals surface area contributed by atoms with Crippen molar-refractivity contribution in [2.24, 2.45) is 0 Å². The third-order valence-corrected chi connectivity index (χ3v) is 4.83. The number of thioether (sulfide) groups is 1. The molecule has 28 heavy (non-hydrogen) atoms. The molecule has 1 aliphatic rings. The van der Waals surface area contributed by atoms with Crippen molar-refractivity contribution in [1.29, 1.82) is 0 Å². The molecule has 2 aromatic carbocycles. The summed E-state index contributed by atoms with van der Waals surface area (Å²) in [4.78, 5) is 4.38. The van der Waals surface area contributed by atoms with Crippen LogP contribution in [-0.2, 0) is 5.75 Å². The Labute approximate surface area is 163 Å². The Morgan fingerprint density at radius 2 is 1.79 bits per heavy atom. The summed E-state index contributed by atoms with van der Waals surface area (Å²) >= 11 is 1.32. The molecule has 0 amide bonds. The summed E-state index contributed by atoms with van der Waals surface area (Å²) in [5.74, 6) is 3.19. The van der Waals surface area contributed by atoms with E-state index in [4.69, 9.17) is 18.4 Å². The summed E-state index contributed by atoms with van der Waals surface area (Å²) in [6, 6.07) is 17.1. The molecule has 0 aliphatic carbocycles. The molecule has 1 unspecified atom stereocenters. The summed E-state index contributed by atoms with van der Waals surface area (Å²) in [5, 5.41) is 12.5. The first kappa shape index (κ1) is 16.8. The van der Waals surface area contributed by atoms with Gasteiger partial charge in [0, 0.05) is 5.56 Å². The van der Waals surface area contributed by atoms with E-state index in [1.54, 1.807) is 0 Å². The van der Waals surface area contributed by atoms with E-state index in [0.717, 1.165) is 5.56 Å². The van der Waals surface area contributed by atoms with Crippen molar-refractivity contribution in [3.63, 3.8) is 0 Å². The fourth-order valence-electron chi connectivity index (χ4n) is 2.69. The summed E-state index contributed by atoms with van der Waals surface area (Å²) in [7, 11) is 0. The first-order valence-electron chi connectivity index (χ1n) is 8.58. The van der Waals surface area contributed by atoms with Gasteiger partial charge in [0.15, 0.2) is 11.5 Å². The van der Waals surface area contributed by atoms with E-state index in [1.807, 2.05) is 54.6 Å². The Morgan fingerprint density at radius 3 is 2.68 bits per heavy atom. The van der Waals surface area contributed by atoms with Crippen LogP contribution in [0.25, 0.3) is 11.4 Å². The second-order valence-corrected chi connectivity index (χ2v) is 6.86. The molecule has 0 radical (unpaired) electrons. The van der Waals surface area contributed by atoms with Gasteiger partial charge in [0.25, 0.3) is 11.1 Å². The molecular weight excluding hydrogens is 380 g/mol. The predicted molar refractivity (Wildman–Crippen MR) is 98.9 cm³/mol. The first-order valence-corrected chi connectivity index (χ1v) is 9.56. The van der Waals surface area contributed by atoms with Gasteiger partial charge in [-0.15, -0.1) is 10.2 Å². The number of aromatic nitrogens is 4. The van der Waals surface area contributed by atoms with E-state index in [0.29, 0.717) is 46.7 Å². The van der Waals surface area contributed by atoms with Crippen LogP contribution in [0.1, 0.15) is 17.9 Å². The fraction of sp³-hybridized carbons (Fsp3) is 0.158. The average molecular weight is 394 g/mol. The minimum absolute atomic E-state index is 0.313. The molecule has 2 aromatic heterocycles. The zero-order chi connectivity index (χ0) is 18.8. The average Bonchev–Trinajstić information content (AvgIpc) is 3.42. The van der Waals surface area contributed by atoms with Gasteiger partial charge in [-0.25, -0.2) is 0 Å². The minimum Gasteiger partial charge on any atom is -0.485 e. The molecule has 0 saturated heterocycles. The number of ether oxygens (including phenoxy) is 2. The number of hydrogen-bond donors (Lipinski definition) is 0. The molecule has 5 rings (SSSR count). The van der Waals surface area contributed by atoms with Gasteiger partial charge in [0.2, 0.25) is 17.8 Å². The lowest BCUT2D eigenvalue weighted by molar-refractivity contribution is 0.0686. The van der Waals surface area contributed by atoms with Gasteiger partial charge in [-0.2, -0.15) is 4.98 Å². The number of para-hydroxylation sites is 2. The maximum Gasteiger partial charge on any atom is 0.277 e. The molecule has 8 nitrogen and oxygen atoms in total. The summed E-state index contributed by atoms with van der Waals surface area (Å²) in [6.07, 6.45) is -0.440. The molecule has 1 atom stereocenters. The van der Waals surface area contributed by atoms with Crippen molar-refractivity contribution in [1.82, 2.24) is 20.3 Å². The molecule has 0 saturated carbocycles. The topological polar surface area (TPSA) is 96.3 Å². The van der Waals surface area contributed by atoms with E-state index in [-0.39, 0.29) is 0 Å². The number of nitrogens with zero attached hydrogens (tertiary/aromatic N) is 4. The minimum atomic E-state index is -0.440. The molecule has 0 bridgehead atoms. The van der Waals surface area contributed by atoms with Crippen LogP contribution >= 0.6 is 11.8 Å². The zero-order valence-corrected chi connectivity index (χ0v) is 15.3. The molecule has 1 aliphatic heterocycles. The molecule has 140 valence electrons. The lowest BCUT2D eigenvalue weighted by Crippen LogP contribution is -2.21. The highest BCUT2D eigenvalue weighted by atomic mass is 32.2. The quantitative estimate of drug-likeness (QED) is 0.466. The molecule has 3 heterocycles. The van der Waals surface area contributed by atoms with Crippen molar-refractivity contribution in [2.45, 2.75) is 17.1 Å². The predicted octanol–water partition coefficient (Wildman–Crippen LogP) is 3.92. The summed E-state index contributed by atoms with van der Waals surface area (Å²) < 4.78 is 22.5. The maximum absolute atomic E-state index is 5.88. The monoisotopic (exact) mass is 394 g/mol. The summed E-state index contributed by atoms with van der Waals surface area (Å²) in [6.45, 7) is 0.313. The van der Waals surface area contributed by atoms with Crippen molar-refractivity contribution in [2.75, 3.05) is 6.61 Å². The van der Waals surface area contributed by atoms with E-state index in [2.05, 4.69) is 20.3 Å². The molecule has 0 N–H and O–H groups in total. The first-order chi connectivity index (χ1) is 13.8. The lowest BCUT2D eigenvalue weighted by atomic mass is 10.2. The SMILES string of the molecule is c1ccc(-c2noc(CSc3nnc(C4COc5ccccc5O4)o3)n2)cc1. The van der Waals surface area contributed by atoms with Gasteiger partial charge in [0.05, 0.1) is 5.75 Å². The van der Waals surface area contributed by atoms with Crippen molar-refractivity contribution < 1.29 is 18.4 Å². The molecule has 0 fully saturated rings. The highest BCUT2D eigenvalue weighted by Gasteiger charge is 2.27. The van der Waals surface area contributed by atoms with Gasteiger partial charge < -0.3 is 18.4 Å². The lowest BCUT2D eigenvalue weighted by Gasteiger charge is -2.23. The smallest absolute Gasteiger partial charge is 0.277 e. The number of fused-ring (bicyclic) bond motifs is 1. The summed E-state index contributed by atoms with van der Waals surface area (Å²) in [5.41, 5.74) is 0.900. The Morgan fingerprint density at radius 1 is 0.964 bits per heavy atom. The van der Waals surface area contributed by atoms with Gasteiger partial charge in [-0.05, 0) is 12.1 Å². The Balaban J connectivity index is 1.23. The van der Waals surface area contributed by atoms with Crippen LogP contribution in [0.2, 0.25) is 0 Å². The van der Waals surface area contributed by atoms with E-state index in [9.17, 15) is 0 Å².